The van der Waals surface area contributed by atoms with E-state index >= 15 is 0 Å². The van der Waals surface area contributed by atoms with Crippen LogP contribution in [-0.2, 0) is 6.18 Å². The molecule has 0 spiro atoms. The number of halogens is 5. The lowest BCUT2D eigenvalue weighted by molar-refractivity contribution is -0.138. The zero-order chi connectivity index (χ0) is 13.2. The summed E-state index contributed by atoms with van der Waals surface area (Å²) in [6.07, 6.45) is -4.83. The second-order valence-corrected chi connectivity index (χ2v) is 3.58. The third-order valence-corrected chi connectivity index (χ3v) is 2.49. The van der Waals surface area contributed by atoms with Crippen molar-refractivity contribution in [1.29, 1.82) is 5.26 Å². The largest absolute Gasteiger partial charge is 0.417 e. The van der Waals surface area contributed by atoms with Crippen molar-refractivity contribution in [2.45, 2.75) is 6.18 Å². The average Bonchev–Trinajstić information content (AvgIpc) is 2.26. The third kappa shape index (κ3) is 2.64. The van der Waals surface area contributed by atoms with Crippen molar-refractivity contribution in [1.82, 2.24) is 0 Å². The smallest absolute Gasteiger partial charge is 0.293 e. The molecule has 0 aromatic heterocycles. The van der Waals surface area contributed by atoms with Crippen molar-refractivity contribution in [3.05, 3.63) is 34.6 Å². The first-order chi connectivity index (χ1) is 7.82. The number of nitriles is 1. The van der Waals surface area contributed by atoms with Crippen molar-refractivity contribution < 1.29 is 22.4 Å². The van der Waals surface area contributed by atoms with Crippen LogP contribution in [-0.4, -0.2) is 11.1 Å². The van der Waals surface area contributed by atoms with Gasteiger partial charge in [0.1, 0.15) is 11.6 Å². The molecular formula is C10H4BrF4NO. The SMILES string of the molecule is N#Cc1c(C(F)(F)F)ccc(C(=O)CBr)c1F. The fourth-order valence-electron chi connectivity index (χ4n) is 1.21. The molecule has 0 bridgehead atoms. The van der Waals surface area contributed by atoms with Gasteiger partial charge in [0, 0.05) is 0 Å². The van der Waals surface area contributed by atoms with E-state index in [4.69, 9.17) is 5.26 Å². The molecule has 0 radical (unpaired) electrons. The fourth-order valence-corrected chi connectivity index (χ4v) is 1.51. The van der Waals surface area contributed by atoms with Crippen LogP contribution in [0.15, 0.2) is 12.1 Å². The van der Waals surface area contributed by atoms with Gasteiger partial charge in [0.15, 0.2) is 11.6 Å². The maximum absolute atomic E-state index is 13.5. The average molecular weight is 310 g/mol. The highest BCUT2D eigenvalue weighted by Gasteiger charge is 2.36. The zero-order valence-electron chi connectivity index (χ0n) is 8.11. The molecule has 1 aromatic carbocycles. The fraction of sp³-hybridized carbons (Fsp3) is 0.200. The monoisotopic (exact) mass is 309 g/mol. The van der Waals surface area contributed by atoms with Crippen LogP contribution in [0.3, 0.4) is 0 Å². The van der Waals surface area contributed by atoms with E-state index in [1.807, 2.05) is 0 Å². The van der Waals surface area contributed by atoms with Gasteiger partial charge in [0.05, 0.1) is 16.5 Å². The Balaban J connectivity index is 3.50. The zero-order valence-corrected chi connectivity index (χ0v) is 9.69. The lowest BCUT2D eigenvalue weighted by Crippen LogP contribution is -2.13. The molecule has 0 saturated heterocycles. The molecule has 0 aliphatic rings. The number of ketones is 1. The molecule has 2 nitrogen and oxygen atoms in total. The van der Waals surface area contributed by atoms with E-state index in [2.05, 4.69) is 15.9 Å². The number of carbonyl (C=O) groups is 1. The summed E-state index contributed by atoms with van der Waals surface area (Å²) in [7, 11) is 0. The van der Waals surface area contributed by atoms with E-state index < -0.39 is 34.5 Å². The molecule has 90 valence electrons. The minimum absolute atomic E-state index is 0.236. The summed E-state index contributed by atoms with van der Waals surface area (Å²) in [4.78, 5) is 11.2. The van der Waals surface area contributed by atoms with Crippen LogP contribution in [0.4, 0.5) is 17.6 Å². The van der Waals surface area contributed by atoms with Gasteiger partial charge in [-0.15, -0.1) is 0 Å². The van der Waals surface area contributed by atoms with Crippen molar-refractivity contribution in [3.8, 4) is 6.07 Å². The molecule has 17 heavy (non-hydrogen) atoms. The highest BCUT2D eigenvalue weighted by molar-refractivity contribution is 9.09. The van der Waals surface area contributed by atoms with Crippen LogP contribution in [0, 0.1) is 17.1 Å². The minimum Gasteiger partial charge on any atom is -0.293 e. The lowest BCUT2D eigenvalue weighted by atomic mass is 10.0. The van der Waals surface area contributed by atoms with Crippen molar-refractivity contribution in [3.63, 3.8) is 0 Å². The third-order valence-electron chi connectivity index (χ3n) is 1.98. The number of alkyl halides is 4. The molecule has 1 rings (SSSR count). The quantitative estimate of drug-likeness (QED) is 0.478. The molecule has 0 atom stereocenters. The minimum atomic E-state index is -4.83. The second-order valence-electron chi connectivity index (χ2n) is 3.02. The molecule has 0 fully saturated rings. The topological polar surface area (TPSA) is 40.9 Å². The molecule has 0 heterocycles. The number of nitrogens with zero attached hydrogens (tertiary/aromatic N) is 1. The number of hydrogen-bond acceptors (Lipinski definition) is 2. The number of Topliss-reactive ketones (excluding diaryl/α,β-unsaturated/α-hetero) is 1. The predicted octanol–water partition coefficient (Wildman–Crippen LogP) is 3.29. The summed E-state index contributed by atoms with van der Waals surface area (Å²) in [6.45, 7) is 0. The number of rotatable bonds is 2. The predicted molar refractivity (Wildman–Crippen MR) is 54.2 cm³/mol. The van der Waals surface area contributed by atoms with E-state index in [1.165, 1.54) is 0 Å². The Morgan fingerprint density at radius 3 is 2.41 bits per heavy atom. The maximum Gasteiger partial charge on any atom is 0.417 e. The Bertz CT molecular complexity index is 504. The Kier molecular flexibility index (Phi) is 3.88. The molecular weight excluding hydrogens is 306 g/mol. The normalized spacial score (nSPS) is 11.1. The van der Waals surface area contributed by atoms with Gasteiger partial charge in [-0.25, -0.2) is 4.39 Å². The lowest BCUT2D eigenvalue weighted by Gasteiger charge is -2.10. The number of hydrogen-bond donors (Lipinski definition) is 0. The van der Waals surface area contributed by atoms with E-state index in [1.54, 1.807) is 0 Å². The van der Waals surface area contributed by atoms with Crippen LogP contribution < -0.4 is 0 Å². The van der Waals surface area contributed by atoms with Gasteiger partial charge in [0.2, 0.25) is 0 Å². The number of carbonyl (C=O) groups excluding carboxylic acids is 1. The van der Waals surface area contributed by atoms with Crippen LogP contribution in [0.2, 0.25) is 0 Å². The Labute approximate surface area is 102 Å². The van der Waals surface area contributed by atoms with Crippen molar-refractivity contribution in [2.75, 3.05) is 5.33 Å². The summed E-state index contributed by atoms with van der Waals surface area (Å²) in [6, 6.07) is 2.38. The first-order valence-electron chi connectivity index (χ1n) is 4.22. The Hall–Kier alpha value is -1.42. The maximum atomic E-state index is 13.5. The Morgan fingerprint density at radius 1 is 1.41 bits per heavy atom. The van der Waals surface area contributed by atoms with Gasteiger partial charge in [-0.3, -0.25) is 4.79 Å². The van der Waals surface area contributed by atoms with Crippen molar-refractivity contribution in [2.24, 2.45) is 0 Å². The summed E-state index contributed by atoms with van der Waals surface area (Å²) in [5.74, 6) is -2.17. The first kappa shape index (κ1) is 13.6. The van der Waals surface area contributed by atoms with E-state index in [0.717, 1.165) is 12.1 Å². The van der Waals surface area contributed by atoms with E-state index in [9.17, 15) is 22.4 Å². The molecule has 0 aliphatic carbocycles. The van der Waals surface area contributed by atoms with E-state index in [0.29, 0.717) is 6.07 Å². The van der Waals surface area contributed by atoms with Gasteiger partial charge >= 0.3 is 6.18 Å². The highest BCUT2D eigenvalue weighted by atomic mass is 79.9. The summed E-state index contributed by atoms with van der Waals surface area (Å²) < 4.78 is 50.8. The standard InChI is InChI=1S/C10H4BrF4NO/c11-3-8(17)5-1-2-7(10(13,14)15)6(4-16)9(5)12/h1-2H,3H2. The molecule has 0 saturated carbocycles. The summed E-state index contributed by atoms with van der Waals surface area (Å²) in [5.41, 5.74) is -3.08. The molecule has 0 unspecified atom stereocenters. The first-order valence-corrected chi connectivity index (χ1v) is 5.34. The van der Waals surface area contributed by atoms with Crippen LogP contribution in [0.1, 0.15) is 21.5 Å². The van der Waals surface area contributed by atoms with Gasteiger partial charge in [-0.1, -0.05) is 15.9 Å². The summed E-state index contributed by atoms with van der Waals surface area (Å²) in [5, 5.41) is 8.29. The van der Waals surface area contributed by atoms with Crippen LogP contribution >= 0.6 is 15.9 Å². The molecule has 7 heteroatoms. The molecule has 0 amide bonds. The highest BCUT2D eigenvalue weighted by Crippen LogP contribution is 2.33. The second kappa shape index (κ2) is 4.84. The van der Waals surface area contributed by atoms with Gasteiger partial charge < -0.3 is 0 Å². The van der Waals surface area contributed by atoms with Gasteiger partial charge in [-0.2, -0.15) is 18.4 Å². The molecule has 0 aliphatic heterocycles. The molecule has 1 aromatic rings. The Morgan fingerprint density at radius 2 is 2.00 bits per heavy atom. The van der Waals surface area contributed by atoms with E-state index in [-0.39, 0.29) is 5.33 Å². The molecule has 0 N–H and O–H groups in total. The van der Waals surface area contributed by atoms with Gasteiger partial charge in [-0.05, 0) is 12.1 Å². The van der Waals surface area contributed by atoms with Crippen molar-refractivity contribution >= 4 is 21.7 Å². The van der Waals surface area contributed by atoms with Crippen LogP contribution in [0.5, 0.6) is 0 Å². The van der Waals surface area contributed by atoms with Gasteiger partial charge in [0.25, 0.3) is 0 Å². The number of benzene rings is 1. The van der Waals surface area contributed by atoms with Crippen LogP contribution in [0.25, 0.3) is 0 Å². The summed E-state index contributed by atoms with van der Waals surface area (Å²) >= 11 is 2.77.